The Morgan fingerprint density at radius 1 is 1.71 bits per heavy atom. The molecule has 1 unspecified atom stereocenters. The number of aryl methyl sites for hydroxylation is 1. The molecule has 2 rings (SSSR count). The van der Waals surface area contributed by atoms with E-state index in [-0.39, 0.29) is 10.6 Å². The molecule has 1 fully saturated rings. The van der Waals surface area contributed by atoms with Crippen molar-refractivity contribution in [1.82, 2.24) is 15.1 Å². The summed E-state index contributed by atoms with van der Waals surface area (Å²) >= 11 is 0. The number of nitrogens with zero attached hydrogens (tertiary/aromatic N) is 4. The van der Waals surface area contributed by atoms with Crippen molar-refractivity contribution >= 4 is 11.5 Å². The molecule has 1 atom stereocenters. The first kappa shape index (κ1) is 11.8. The smallest absolute Gasteiger partial charge is 0.330 e. The summed E-state index contributed by atoms with van der Waals surface area (Å²) in [5, 5.41) is 18.2. The molecule has 1 saturated heterocycles. The minimum absolute atomic E-state index is 0.0950. The van der Waals surface area contributed by atoms with Crippen LogP contribution in [0, 0.1) is 16.0 Å². The molecule has 0 saturated carbocycles. The molecule has 1 N–H and O–H groups in total. The summed E-state index contributed by atoms with van der Waals surface area (Å²) in [6.07, 6.45) is 2.51. The molecular formula is C10H17N5O2. The van der Waals surface area contributed by atoms with Crippen molar-refractivity contribution in [1.29, 1.82) is 0 Å². The van der Waals surface area contributed by atoms with Crippen LogP contribution in [0.15, 0.2) is 6.20 Å². The predicted molar refractivity (Wildman–Crippen MR) is 64.1 cm³/mol. The Kier molecular flexibility index (Phi) is 3.28. The second-order valence-electron chi connectivity index (χ2n) is 4.43. The Hall–Kier alpha value is -1.63. The van der Waals surface area contributed by atoms with Gasteiger partial charge in [0, 0.05) is 20.1 Å². The van der Waals surface area contributed by atoms with Crippen LogP contribution in [0.5, 0.6) is 0 Å². The van der Waals surface area contributed by atoms with E-state index in [0.717, 1.165) is 26.1 Å². The average Bonchev–Trinajstić information content (AvgIpc) is 2.85. The van der Waals surface area contributed by atoms with Crippen LogP contribution in [0.2, 0.25) is 0 Å². The van der Waals surface area contributed by atoms with Crippen molar-refractivity contribution < 1.29 is 4.92 Å². The van der Waals surface area contributed by atoms with Crippen molar-refractivity contribution in [2.24, 2.45) is 13.0 Å². The lowest BCUT2D eigenvalue weighted by atomic mass is 10.1. The molecule has 2 heterocycles. The van der Waals surface area contributed by atoms with Crippen LogP contribution in [0.25, 0.3) is 0 Å². The van der Waals surface area contributed by atoms with Gasteiger partial charge in [-0.3, -0.25) is 14.8 Å². The van der Waals surface area contributed by atoms with Gasteiger partial charge in [-0.25, -0.2) is 0 Å². The summed E-state index contributed by atoms with van der Waals surface area (Å²) in [6.45, 7) is 2.61. The topological polar surface area (TPSA) is 76.2 Å². The first-order chi connectivity index (χ1) is 8.11. The van der Waals surface area contributed by atoms with Crippen LogP contribution in [-0.2, 0) is 7.05 Å². The molecule has 0 aromatic carbocycles. The van der Waals surface area contributed by atoms with Crippen molar-refractivity contribution in [2.45, 2.75) is 6.42 Å². The molecule has 0 aliphatic carbocycles. The lowest BCUT2D eigenvalue weighted by Crippen LogP contribution is -2.25. The summed E-state index contributed by atoms with van der Waals surface area (Å²) in [6, 6.07) is 0. The predicted octanol–water partition coefficient (Wildman–Crippen LogP) is 0.374. The SMILES string of the molecule is CNCC1CCN(c2nn(C)cc2[N+](=O)[O-])C1. The van der Waals surface area contributed by atoms with Crippen molar-refractivity contribution in [3.63, 3.8) is 0 Å². The summed E-state index contributed by atoms with van der Waals surface area (Å²) in [4.78, 5) is 12.5. The fourth-order valence-electron chi connectivity index (χ4n) is 2.30. The van der Waals surface area contributed by atoms with Crippen LogP contribution in [-0.4, -0.2) is 41.4 Å². The third kappa shape index (κ3) is 2.38. The molecule has 0 amide bonds. The number of nitro groups is 1. The summed E-state index contributed by atoms with van der Waals surface area (Å²) in [5.74, 6) is 1.04. The maximum Gasteiger partial charge on any atom is 0.330 e. The van der Waals surface area contributed by atoms with Gasteiger partial charge in [0.15, 0.2) is 0 Å². The zero-order valence-corrected chi connectivity index (χ0v) is 10.1. The molecule has 1 aliphatic rings. The van der Waals surface area contributed by atoms with Gasteiger partial charge in [0.25, 0.3) is 0 Å². The molecular weight excluding hydrogens is 222 g/mol. The Morgan fingerprint density at radius 2 is 2.47 bits per heavy atom. The third-order valence-corrected chi connectivity index (χ3v) is 3.07. The molecule has 1 aliphatic heterocycles. The van der Waals surface area contributed by atoms with E-state index < -0.39 is 0 Å². The molecule has 1 aromatic rings. The second kappa shape index (κ2) is 4.70. The van der Waals surface area contributed by atoms with E-state index in [0.29, 0.717) is 11.7 Å². The molecule has 94 valence electrons. The van der Waals surface area contributed by atoms with Crippen molar-refractivity contribution in [3.05, 3.63) is 16.3 Å². The zero-order chi connectivity index (χ0) is 12.4. The molecule has 1 aromatic heterocycles. The van der Waals surface area contributed by atoms with E-state index in [1.165, 1.54) is 10.9 Å². The monoisotopic (exact) mass is 239 g/mol. The highest BCUT2D eigenvalue weighted by Gasteiger charge is 2.29. The maximum atomic E-state index is 10.9. The molecule has 0 radical (unpaired) electrons. The van der Waals surface area contributed by atoms with E-state index in [1.54, 1.807) is 7.05 Å². The lowest BCUT2D eigenvalue weighted by Gasteiger charge is -2.14. The molecule has 0 spiro atoms. The van der Waals surface area contributed by atoms with Gasteiger partial charge in [-0.1, -0.05) is 0 Å². The third-order valence-electron chi connectivity index (χ3n) is 3.07. The largest absolute Gasteiger partial charge is 0.349 e. The van der Waals surface area contributed by atoms with Gasteiger partial charge in [0.05, 0.1) is 4.92 Å². The molecule has 17 heavy (non-hydrogen) atoms. The van der Waals surface area contributed by atoms with E-state index in [4.69, 9.17) is 0 Å². The molecule has 0 bridgehead atoms. The zero-order valence-electron chi connectivity index (χ0n) is 10.1. The highest BCUT2D eigenvalue weighted by atomic mass is 16.6. The van der Waals surface area contributed by atoms with Gasteiger partial charge in [0.1, 0.15) is 6.20 Å². The number of rotatable bonds is 4. The van der Waals surface area contributed by atoms with Gasteiger partial charge in [-0.05, 0) is 25.9 Å². The van der Waals surface area contributed by atoms with Gasteiger partial charge in [0.2, 0.25) is 5.82 Å². The van der Waals surface area contributed by atoms with Gasteiger partial charge < -0.3 is 10.2 Å². The number of hydrogen-bond donors (Lipinski definition) is 1. The number of anilines is 1. The standard InChI is InChI=1S/C10H17N5O2/c1-11-5-8-3-4-14(6-8)10-9(15(16)17)7-13(2)12-10/h7-8,11H,3-6H2,1-2H3. The van der Waals surface area contributed by atoms with E-state index in [9.17, 15) is 10.1 Å². The number of aromatic nitrogens is 2. The van der Waals surface area contributed by atoms with Gasteiger partial charge >= 0.3 is 5.69 Å². The van der Waals surface area contributed by atoms with Crippen molar-refractivity contribution in [2.75, 3.05) is 31.6 Å². The van der Waals surface area contributed by atoms with Gasteiger partial charge in [-0.2, -0.15) is 0 Å². The van der Waals surface area contributed by atoms with Crippen molar-refractivity contribution in [3.8, 4) is 0 Å². The van der Waals surface area contributed by atoms with Crippen LogP contribution >= 0.6 is 0 Å². The minimum Gasteiger partial charge on any atom is -0.349 e. The first-order valence-electron chi connectivity index (χ1n) is 5.69. The number of nitrogens with one attached hydrogen (secondary N) is 1. The highest BCUT2D eigenvalue weighted by molar-refractivity contribution is 5.57. The quantitative estimate of drug-likeness (QED) is 0.607. The van der Waals surface area contributed by atoms with Crippen LogP contribution < -0.4 is 10.2 Å². The first-order valence-corrected chi connectivity index (χ1v) is 5.69. The second-order valence-corrected chi connectivity index (χ2v) is 4.43. The van der Waals surface area contributed by atoms with E-state index >= 15 is 0 Å². The van der Waals surface area contributed by atoms with Crippen LogP contribution in [0.1, 0.15) is 6.42 Å². The Balaban J connectivity index is 2.15. The normalized spacial score (nSPS) is 19.9. The minimum atomic E-state index is -0.367. The highest BCUT2D eigenvalue weighted by Crippen LogP contribution is 2.30. The van der Waals surface area contributed by atoms with Gasteiger partial charge in [-0.15, -0.1) is 5.10 Å². The lowest BCUT2D eigenvalue weighted by molar-refractivity contribution is -0.384. The molecule has 7 nitrogen and oxygen atoms in total. The van der Waals surface area contributed by atoms with Crippen LogP contribution in [0.4, 0.5) is 11.5 Å². The summed E-state index contributed by atoms with van der Waals surface area (Å²) in [7, 11) is 3.63. The van der Waals surface area contributed by atoms with E-state index in [2.05, 4.69) is 10.4 Å². The average molecular weight is 239 g/mol. The fourth-order valence-corrected chi connectivity index (χ4v) is 2.30. The van der Waals surface area contributed by atoms with Crippen LogP contribution in [0.3, 0.4) is 0 Å². The Labute approximate surface area is 99.6 Å². The summed E-state index contributed by atoms with van der Waals surface area (Å²) < 4.78 is 1.50. The number of hydrogen-bond acceptors (Lipinski definition) is 5. The fraction of sp³-hybridized carbons (Fsp3) is 0.700. The Bertz CT molecular complexity index is 417. The summed E-state index contributed by atoms with van der Waals surface area (Å²) in [5.41, 5.74) is 0.0950. The van der Waals surface area contributed by atoms with E-state index in [1.807, 2.05) is 11.9 Å². The Morgan fingerprint density at radius 3 is 3.12 bits per heavy atom. The molecule has 7 heteroatoms. The maximum absolute atomic E-state index is 10.9.